The molecular weight excluding hydrogens is 188 g/mol. The van der Waals surface area contributed by atoms with Crippen LogP contribution in [-0.4, -0.2) is 17.7 Å². The Labute approximate surface area is 71.6 Å². The van der Waals surface area contributed by atoms with Gasteiger partial charge < -0.3 is 5.32 Å². The highest BCUT2D eigenvalue weighted by molar-refractivity contribution is 5.33. The molecule has 6 heteroatoms. The molecule has 0 aliphatic heterocycles. The average Bonchev–Trinajstić information content (AvgIpc) is 2.00. The molecule has 0 saturated heterocycles. The first-order chi connectivity index (χ1) is 5.97. The molecule has 0 atom stereocenters. The Bertz CT molecular complexity index is 284. The van der Waals surface area contributed by atoms with Crippen molar-refractivity contribution in [2.75, 3.05) is 11.9 Å². The molecule has 1 aromatic rings. The molecule has 2 nitrogen and oxygen atoms in total. The molecule has 1 heterocycles. The van der Waals surface area contributed by atoms with Gasteiger partial charge in [-0.3, -0.25) is 0 Å². The van der Waals surface area contributed by atoms with Crippen molar-refractivity contribution in [3.8, 4) is 0 Å². The molecule has 1 aromatic heterocycles. The van der Waals surface area contributed by atoms with E-state index in [9.17, 15) is 17.6 Å². The van der Waals surface area contributed by atoms with Crippen molar-refractivity contribution >= 4 is 5.82 Å². The maximum atomic E-state index is 12.4. The first-order valence-electron chi connectivity index (χ1n) is 3.40. The zero-order chi connectivity index (χ0) is 9.90. The minimum absolute atomic E-state index is 0.127. The van der Waals surface area contributed by atoms with Crippen LogP contribution in [0.1, 0.15) is 0 Å². The van der Waals surface area contributed by atoms with Crippen LogP contribution in [0.4, 0.5) is 23.4 Å². The number of pyridine rings is 1. The topological polar surface area (TPSA) is 24.9 Å². The van der Waals surface area contributed by atoms with Crippen LogP contribution in [-0.2, 0) is 0 Å². The molecule has 0 radical (unpaired) electrons. The lowest BCUT2D eigenvalue weighted by Gasteiger charge is -2.07. The van der Waals surface area contributed by atoms with Gasteiger partial charge in [0.15, 0.2) is 0 Å². The van der Waals surface area contributed by atoms with Crippen LogP contribution in [0, 0.1) is 5.95 Å². The Morgan fingerprint density at radius 1 is 1.31 bits per heavy atom. The monoisotopic (exact) mass is 194 g/mol. The lowest BCUT2D eigenvalue weighted by molar-refractivity contribution is -0.115. The van der Waals surface area contributed by atoms with Gasteiger partial charge in [-0.1, -0.05) is 6.07 Å². The van der Waals surface area contributed by atoms with E-state index < -0.39 is 18.7 Å². The third-order valence-electron chi connectivity index (χ3n) is 1.19. The van der Waals surface area contributed by atoms with Crippen molar-refractivity contribution in [1.29, 1.82) is 0 Å². The van der Waals surface area contributed by atoms with E-state index in [0.717, 1.165) is 6.07 Å². The maximum absolute atomic E-state index is 12.4. The molecule has 0 spiro atoms. The SMILES string of the molecule is Fc1cccc(NCC(F)(F)F)n1. The predicted octanol–water partition coefficient (Wildman–Crippen LogP) is 2.19. The molecule has 0 amide bonds. The van der Waals surface area contributed by atoms with E-state index in [-0.39, 0.29) is 5.82 Å². The van der Waals surface area contributed by atoms with Gasteiger partial charge in [0.2, 0.25) is 5.95 Å². The number of hydrogen-bond donors (Lipinski definition) is 1. The summed E-state index contributed by atoms with van der Waals surface area (Å²) in [4.78, 5) is 3.20. The summed E-state index contributed by atoms with van der Waals surface area (Å²) in [7, 11) is 0. The highest BCUT2D eigenvalue weighted by Gasteiger charge is 2.26. The van der Waals surface area contributed by atoms with E-state index in [1.807, 2.05) is 5.32 Å². The minimum Gasteiger partial charge on any atom is -0.361 e. The second-order valence-electron chi connectivity index (χ2n) is 2.31. The Morgan fingerprint density at radius 3 is 2.54 bits per heavy atom. The molecule has 0 aliphatic rings. The second kappa shape index (κ2) is 3.59. The number of aromatic nitrogens is 1. The summed E-state index contributed by atoms with van der Waals surface area (Å²) < 4.78 is 47.3. The van der Waals surface area contributed by atoms with Crippen molar-refractivity contribution in [2.24, 2.45) is 0 Å². The van der Waals surface area contributed by atoms with E-state index in [2.05, 4.69) is 4.98 Å². The van der Waals surface area contributed by atoms with Gasteiger partial charge in [0.1, 0.15) is 12.4 Å². The van der Waals surface area contributed by atoms with Crippen LogP contribution in [0.5, 0.6) is 0 Å². The van der Waals surface area contributed by atoms with Crippen LogP contribution >= 0.6 is 0 Å². The summed E-state index contributed by atoms with van der Waals surface area (Å²) in [6.07, 6.45) is -4.33. The Hall–Kier alpha value is -1.33. The molecule has 0 aromatic carbocycles. The van der Waals surface area contributed by atoms with Gasteiger partial charge in [-0.2, -0.15) is 17.6 Å². The Kier molecular flexibility index (Phi) is 2.69. The summed E-state index contributed by atoms with van der Waals surface area (Å²) >= 11 is 0. The van der Waals surface area contributed by atoms with Crippen LogP contribution in [0.2, 0.25) is 0 Å². The fourth-order valence-corrected chi connectivity index (χ4v) is 0.698. The number of hydrogen-bond acceptors (Lipinski definition) is 2. The summed E-state index contributed by atoms with van der Waals surface area (Å²) in [5.41, 5.74) is 0. The fourth-order valence-electron chi connectivity index (χ4n) is 0.698. The number of nitrogens with zero attached hydrogens (tertiary/aromatic N) is 1. The molecule has 0 bridgehead atoms. The summed E-state index contributed by atoms with van der Waals surface area (Å²) in [6, 6.07) is 3.59. The zero-order valence-corrected chi connectivity index (χ0v) is 6.40. The smallest absolute Gasteiger partial charge is 0.361 e. The summed E-state index contributed by atoms with van der Waals surface area (Å²) in [5.74, 6) is -0.940. The van der Waals surface area contributed by atoms with Gasteiger partial charge in [0, 0.05) is 0 Å². The standard InChI is InChI=1S/C7H6F4N2/c8-5-2-1-3-6(13-5)12-4-7(9,10)11/h1-3H,4H2,(H,12,13). The maximum Gasteiger partial charge on any atom is 0.405 e. The van der Waals surface area contributed by atoms with E-state index in [4.69, 9.17) is 0 Å². The van der Waals surface area contributed by atoms with Crippen LogP contribution in [0.15, 0.2) is 18.2 Å². The highest BCUT2D eigenvalue weighted by Crippen LogP contribution is 2.15. The van der Waals surface area contributed by atoms with Crippen molar-refractivity contribution in [2.45, 2.75) is 6.18 Å². The molecule has 72 valence electrons. The minimum atomic E-state index is -4.33. The number of nitrogens with one attached hydrogen (secondary N) is 1. The first-order valence-corrected chi connectivity index (χ1v) is 3.40. The number of halogens is 4. The van der Waals surface area contributed by atoms with Gasteiger partial charge >= 0.3 is 6.18 Å². The van der Waals surface area contributed by atoms with E-state index in [1.54, 1.807) is 0 Å². The van der Waals surface area contributed by atoms with Crippen LogP contribution in [0.3, 0.4) is 0 Å². The third kappa shape index (κ3) is 3.73. The van der Waals surface area contributed by atoms with Gasteiger partial charge in [-0.05, 0) is 12.1 Å². The molecular formula is C7H6F4N2. The van der Waals surface area contributed by atoms with Gasteiger partial charge in [-0.25, -0.2) is 4.98 Å². The van der Waals surface area contributed by atoms with Crippen LogP contribution in [0.25, 0.3) is 0 Å². The zero-order valence-electron chi connectivity index (χ0n) is 6.40. The number of alkyl halides is 3. The van der Waals surface area contributed by atoms with Gasteiger partial charge in [-0.15, -0.1) is 0 Å². The average molecular weight is 194 g/mol. The van der Waals surface area contributed by atoms with Crippen molar-refractivity contribution in [1.82, 2.24) is 4.98 Å². The lowest BCUT2D eigenvalue weighted by atomic mass is 10.4. The lowest BCUT2D eigenvalue weighted by Crippen LogP contribution is -2.21. The Balaban J connectivity index is 2.55. The molecule has 0 unspecified atom stereocenters. The molecule has 0 fully saturated rings. The number of rotatable bonds is 2. The molecule has 0 saturated carbocycles. The van der Waals surface area contributed by atoms with Crippen molar-refractivity contribution in [3.05, 3.63) is 24.1 Å². The molecule has 0 aliphatic carbocycles. The van der Waals surface area contributed by atoms with Gasteiger partial charge in [0.25, 0.3) is 0 Å². The van der Waals surface area contributed by atoms with Crippen molar-refractivity contribution in [3.63, 3.8) is 0 Å². The van der Waals surface area contributed by atoms with Crippen molar-refractivity contribution < 1.29 is 17.6 Å². The second-order valence-corrected chi connectivity index (χ2v) is 2.31. The Morgan fingerprint density at radius 2 is 2.00 bits per heavy atom. The van der Waals surface area contributed by atoms with Crippen LogP contribution < -0.4 is 5.32 Å². The first kappa shape index (κ1) is 9.76. The van der Waals surface area contributed by atoms with E-state index in [1.165, 1.54) is 12.1 Å². The molecule has 1 rings (SSSR count). The van der Waals surface area contributed by atoms with E-state index >= 15 is 0 Å². The quantitative estimate of drug-likeness (QED) is 0.576. The fraction of sp³-hybridized carbons (Fsp3) is 0.286. The largest absolute Gasteiger partial charge is 0.405 e. The highest BCUT2D eigenvalue weighted by atomic mass is 19.4. The molecule has 13 heavy (non-hydrogen) atoms. The normalized spacial score (nSPS) is 11.4. The van der Waals surface area contributed by atoms with Gasteiger partial charge in [0.05, 0.1) is 0 Å². The number of anilines is 1. The summed E-state index contributed by atoms with van der Waals surface area (Å²) in [5, 5.41) is 1.95. The third-order valence-corrected chi connectivity index (χ3v) is 1.19. The molecule has 1 N–H and O–H groups in total. The van der Waals surface area contributed by atoms with E-state index in [0.29, 0.717) is 0 Å². The predicted molar refractivity (Wildman–Crippen MR) is 38.7 cm³/mol. The summed E-state index contributed by atoms with van der Waals surface area (Å²) in [6.45, 7) is -1.22.